The van der Waals surface area contributed by atoms with Crippen LogP contribution in [0.3, 0.4) is 0 Å². The lowest BCUT2D eigenvalue weighted by molar-refractivity contribution is 0.611. The smallest absolute Gasteiger partial charge is 0.0286 e. The van der Waals surface area contributed by atoms with Crippen molar-refractivity contribution in [3.05, 3.63) is 18.6 Å². The van der Waals surface area contributed by atoms with Gasteiger partial charge in [0.1, 0.15) is 0 Å². The molecule has 0 fully saturated rings. The second-order valence-electron chi connectivity index (χ2n) is 3.61. The first-order valence-corrected chi connectivity index (χ1v) is 5.26. The molecule has 0 N–H and O–H groups in total. The van der Waals surface area contributed by atoms with Gasteiger partial charge in [-0.1, -0.05) is 50.7 Å². The van der Waals surface area contributed by atoms with E-state index in [4.69, 9.17) is 0 Å². The first-order chi connectivity index (χ1) is 5.77. The Morgan fingerprint density at radius 1 is 1.08 bits per heavy atom. The van der Waals surface area contributed by atoms with Crippen molar-refractivity contribution in [3.63, 3.8) is 0 Å². The fourth-order valence-corrected chi connectivity index (χ4v) is 1.27. The van der Waals surface area contributed by atoms with Gasteiger partial charge in [-0.15, -0.1) is 0 Å². The van der Waals surface area contributed by atoms with Gasteiger partial charge in [-0.3, -0.25) is 0 Å². The summed E-state index contributed by atoms with van der Waals surface area (Å²) in [5.41, 5.74) is 1.21. The largest absolute Gasteiger partial charge is 0.0856 e. The quantitative estimate of drug-likeness (QED) is 0.489. The summed E-state index contributed by atoms with van der Waals surface area (Å²) in [5.74, 6) is 0. The minimum atomic E-state index is 1.21. The SMILES string of the molecule is [CH2]C(C)=CCCCCCCCC. The van der Waals surface area contributed by atoms with Crippen molar-refractivity contribution in [1.29, 1.82) is 0 Å². The number of rotatable bonds is 7. The molecule has 0 saturated heterocycles. The fraction of sp³-hybridized carbons (Fsp3) is 0.750. The summed E-state index contributed by atoms with van der Waals surface area (Å²) >= 11 is 0. The third kappa shape index (κ3) is 9.74. The van der Waals surface area contributed by atoms with Crippen molar-refractivity contribution in [1.82, 2.24) is 0 Å². The van der Waals surface area contributed by atoms with Crippen LogP contribution in [0.1, 0.15) is 58.8 Å². The van der Waals surface area contributed by atoms with Crippen molar-refractivity contribution in [2.45, 2.75) is 58.8 Å². The average molecular weight is 167 g/mol. The highest BCUT2D eigenvalue weighted by Gasteiger charge is 1.88. The Balaban J connectivity index is 2.96. The number of allylic oxidation sites excluding steroid dienone is 2. The fourth-order valence-electron chi connectivity index (χ4n) is 1.27. The van der Waals surface area contributed by atoms with Crippen LogP contribution < -0.4 is 0 Å². The normalized spacial score (nSPS) is 12.1. The molecule has 0 spiro atoms. The number of hydrogen-bond acceptors (Lipinski definition) is 0. The van der Waals surface area contributed by atoms with E-state index in [1.54, 1.807) is 0 Å². The standard InChI is InChI=1S/C12H23/c1-4-5-6-7-8-9-10-11-12(2)3/h11H,2,4-10H2,1,3H3. The Morgan fingerprint density at radius 3 is 2.25 bits per heavy atom. The molecule has 12 heavy (non-hydrogen) atoms. The molecule has 0 aliphatic carbocycles. The summed E-state index contributed by atoms with van der Waals surface area (Å²) < 4.78 is 0. The molecular formula is C12H23. The van der Waals surface area contributed by atoms with E-state index in [2.05, 4.69) is 26.8 Å². The lowest BCUT2D eigenvalue weighted by Gasteiger charge is -1.97. The highest BCUT2D eigenvalue weighted by atomic mass is 13.9. The van der Waals surface area contributed by atoms with Gasteiger partial charge in [0, 0.05) is 0 Å². The molecule has 71 valence electrons. The van der Waals surface area contributed by atoms with Gasteiger partial charge < -0.3 is 0 Å². The molecule has 0 bridgehead atoms. The van der Waals surface area contributed by atoms with Crippen LogP contribution in [0, 0.1) is 6.92 Å². The first kappa shape index (κ1) is 11.7. The summed E-state index contributed by atoms with van der Waals surface area (Å²) in [6.07, 6.45) is 11.8. The van der Waals surface area contributed by atoms with Gasteiger partial charge in [-0.05, 0) is 26.7 Å². The summed E-state index contributed by atoms with van der Waals surface area (Å²) in [7, 11) is 0. The maximum atomic E-state index is 3.85. The van der Waals surface area contributed by atoms with Crippen molar-refractivity contribution >= 4 is 0 Å². The van der Waals surface area contributed by atoms with E-state index < -0.39 is 0 Å². The predicted octanol–water partition coefficient (Wildman–Crippen LogP) is 4.52. The van der Waals surface area contributed by atoms with Gasteiger partial charge >= 0.3 is 0 Å². The van der Waals surface area contributed by atoms with Crippen LogP contribution in [-0.2, 0) is 0 Å². The lowest BCUT2D eigenvalue weighted by atomic mass is 10.1. The van der Waals surface area contributed by atoms with Crippen LogP contribution in [0.4, 0.5) is 0 Å². The molecular weight excluding hydrogens is 144 g/mol. The van der Waals surface area contributed by atoms with Crippen LogP contribution in [0.15, 0.2) is 11.6 Å². The molecule has 0 aromatic carbocycles. The van der Waals surface area contributed by atoms with Gasteiger partial charge in [0.05, 0.1) is 0 Å². The molecule has 0 nitrogen and oxygen atoms in total. The maximum absolute atomic E-state index is 3.85. The van der Waals surface area contributed by atoms with E-state index in [1.807, 2.05) is 0 Å². The second kappa shape index (κ2) is 8.83. The van der Waals surface area contributed by atoms with Gasteiger partial charge in [-0.2, -0.15) is 0 Å². The summed E-state index contributed by atoms with van der Waals surface area (Å²) in [6, 6.07) is 0. The zero-order chi connectivity index (χ0) is 9.23. The van der Waals surface area contributed by atoms with Crippen LogP contribution in [0.2, 0.25) is 0 Å². The summed E-state index contributed by atoms with van der Waals surface area (Å²) in [6.45, 7) is 8.17. The molecule has 0 atom stereocenters. The molecule has 1 radical (unpaired) electrons. The Morgan fingerprint density at radius 2 is 1.67 bits per heavy atom. The Labute approximate surface area is 78.1 Å². The van der Waals surface area contributed by atoms with Crippen LogP contribution >= 0.6 is 0 Å². The molecule has 0 aliphatic rings. The highest BCUT2D eigenvalue weighted by Crippen LogP contribution is 2.07. The van der Waals surface area contributed by atoms with Crippen molar-refractivity contribution in [2.24, 2.45) is 0 Å². The van der Waals surface area contributed by atoms with Gasteiger partial charge in [0.15, 0.2) is 0 Å². The monoisotopic (exact) mass is 167 g/mol. The molecule has 0 rings (SSSR count). The second-order valence-corrected chi connectivity index (χ2v) is 3.61. The van der Waals surface area contributed by atoms with Crippen molar-refractivity contribution in [2.75, 3.05) is 0 Å². The molecule has 0 aromatic rings. The minimum absolute atomic E-state index is 1.21. The molecule has 0 aromatic heterocycles. The van der Waals surface area contributed by atoms with E-state index in [-0.39, 0.29) is 0 Å². The van der Waals surface area contributed by atoms with Crippen molar-refractivity contribution in [3.8, 4) is 0 Å². The lowest BCUT2D eigenvalue weighted by Crippen LogP contribution is -1.78. The van der Waals surface area contributed by atoms with Crippen LogP contribution in [0.25, 0.3) is 0 Å². The minimum Gasteiger partial charge on any atom is -0.0856 e. The first-order valence-electron chi connectivity index (χ1n) is 5.26. The number of unbranched alkanes of at least 4 members (excludes halogenated alkanes) is 6. The zero-order valence-electron chi connectivity index (χ0n) is 8.73. The Bertz CT molecular complexity index is 107. The van der Waals surface area contributed by atoms with Gasteiger partial charge in [0.25, 0.3) is 0 Å². The van der Waals surface area contributed by atoms with Gasteiger partial charge in [-0.25, -0.2) is 0 Å². The number of hydrogen-bond donors (Lipinski definition) is 0. The van der Waals surface area contributed by atoms with Crippen LogP contribution in [0.5, 0.6) is 0 Å². The van der Waals surface area contributed by atoms with E-state index in [0.717, 1.165) is 0 Å². The molecule has 0 heteroatoms. The topological polar surface area (TPSA) is 0 Å². The van der Waals surface area contributed by atoms with E-state index in [0.29, 0.717) is 0 Å². The molecule has 0 heterocycles. The average Bonchev–Trinajstić information content (AvgIpc) is 2.02. The highest BCUT2D eigenvalue weighted by molar-refractivity contribution is 5.00. The Kier molecular flexibility index (Phi) is 8.64. The van der Waals surface area contributed by atoms with E-state index in [1.165, 1.54) is 50.5 Å². The van der Waals surface area contributed by atoms with Crippen molar-refractivity contribution < 1.29 is 0 Å². The Hall–Kier alpha value is -0.260. The van der Waals surface area contributed by atoms with E-state index in [9.17, 15) is 0 Å². The third-order valence-corrected chi connectivity index (χ3v) is 2.05. The molecule has 0 unspecified atom stereocenters. The maximum Gasteiger partial charge on any atom is -0.0286 e. The zero-order valence-corrected chi connectivity index (χ0v) is 8.73. The van der Waals surface area contributed by atoms with E-state index >= 15 is 0 Å². The summed E-state index contributed by atoms with van der Waals surface area (Å²) in [4.78, 5) is 0. The molecule has 0 aliphatic heterocycles. The molecule has 0 saturated carbocycles. The summed E-state index contributed by atoms with van der Waals surface area (Å²) in [5, 5.41) is 0. The van der Waals surface area contributed by atoms with Crippen LogP contribution in [-0.4, -0.2) is 0 Å². The molecule has 0 amide bonds. The third-order valence-electron chi connectivity index (χ3n) is 2.05. The predicted molar refractivity (Wildman–Crippen MR) is 57.1 cm³/mol. The van der Waals surface area contributed by atoms with Gasteiger partial charge in [0.2, 0.25) is 0 Å².